The Morgan fingerprint density at radius 1 is 0.538 bits per heavy atom. The summed E-state index contributed by atoms with van der Waals surface area (Å²) in [6, 6.07) is 4.83. The van der Waals surface area contributed by atoms with Crippen LogP contribution in [0.4, 0.5) is 0 Å². The molecule has 0 aromatic rings. The molecule has 0 fully saturated rings. The van der Waals surface area contributed by atoms with E-state index in [0.717, 1.165) is 0 Å². The van der Waals surface area contributed by atoms with Crippen LogP contribution in [0.25, 0.3) is 0 Å². The molecular formula is C25H52Si. The number of rotatable bonds is 21. The molecule has 0 radical (unpaired) electrons. The van der Waals surface area contributed by atoms with Crippen molar-refractivity contribution < 1.29 is 0 Å². The molecule has 0 spiro atoms. The standard InChI is InChI=1S/C25H52Si/c1-5-8-11-14-17-20-23-26(4,24-21-18-15-12-9-6-2)25-22-19-16-13-10-7-3/h5H,1,6-25H2,2-4H3. The van der Waals surface area contributed by atoms with E-state index < -0.39 is 8.07 Å². The van der Waals surface area contributed by atoms with Crippen molar-refractivity contribution >= 4 is 8.07 Å². The van der Waals surface area contributed by atoms with Gasteiger partial charge in [-0.3, -0.25) is 0 Å². The van der Waals surface area contributed by atoms with Crippen LogP contribution < -0.4 is 0 Å². The minimum atomic E-state index is -0.975. The fourth-order valence-corrected chi connectivity index (χ4v) is 8.29. The van der Waals surface area contributed by atoms with Crippen LogP contribution in [0.15, 0.2) is 12.7 Å². The molecule has 1 heteroatoms. The van der Waals surface area contributed by atoms with Crippen LogP contribution >= 0.6 is 0 Å². The molecule has 0 heterocycles. The van der Waals surface area contributed by atoms with Gasteiger partial charge in [0.15, 0.2) is 0 Å². The minimum absolute atomic E-state index is 0.975. The zero-order chi connectivity index (χ0) is 19.3. The number of unbranched alkanes of at least 4 members (excludes halogenated alkanes) is 14. The van der Waals surface area contributed by atoms with Gasteiger partial charge < -0.3 is 0 Å². The number of allylic oxidation sites excluding steroid dienone is 1. The van der Waals surface area contributed by atoms with Gasteiger partial charge in [-0.1, -0.05) is 141 Å². The first-order chi connectivity index (χ1) is 12.7. The Morgan fingerprint density at radius 3 is 1.27 bits per heavy atom. The number of hydrogen-bond acceptors (Lipinski definition) is 0. The molecule has 26 heavy (non-hydrogen) atoms. The van der Waals surface area contributed by atoms with E-state index in [1.165, 1.54) is 109 Å². The Labute approximate surface area is 168 Å². The average Bonchev–Trinajstić information content (AvgIpc) is 2.64. The van der Waals surface area contributed by atoms with Crippen molar-refractivity contribution in [1.29, 1.82) is 0 Å². The Bertz CT molecular complexity index is 268. The summed E-state index contributed by atoms with van der Waals surface area (Å²) in [4.78, 5) is 0. The van der Waals surface area contributed by atoms with Gasteiger partial charge in [-0.25, -0.2) is 0 Å². The Morgan fingerprint density at radius 2 is 0.885 bits per heavy atom. The molecule has 156 valence electrons. The zero-order valence-corrected chi connectivity index (χ0v) is 19.9. The van der Waals surface area contributed by atoms with E-state index in [0.29, 0.717) is 0 Å². The van der Waals surface area contributed by atoms with Gasteiger partial charge in [0.1, 0.15) is 0 Å². The zero-order valence-electron chi connectivity index (χ0n) is 18.9. The lowest BCUT2D eigenvalue weighted by Crippen LogP contribution is -2.29. The smallest absolute Gasteiger partial charge is 0.0504 e. The van der Waals surface area contributed by atoms with Gasteiger partial charge in [0, 0.05) is 0 Å². The summed E-state index contributed by atoms with van der Waals surface area (Å²) in [6.45, 7) is 11.2. The van der Waals surface area contributed by atoms with Gasteiger partial charge in [0.25, 0.3) is 0 Å². The second-order valence-electron chi connectivity index (χ2n) is 9.09. The highest BCUT2D eigenvalue weighted by atomic mass is 28.3. The Kier molecular flexibility index (Phi) is 19.7. The Hall–Kier alpha value is -0.0431. The second-order valence-corrected chi connectivity index (χ2v) is 14.2. The maximum Gasteiger partial charge on any atom is 0.0504 e. The third-order valence-corrected chi connectivity index (χ3v) is 10.9. The van der Waals surface area contributed by atoms with Crippen molar-refractivity contribution in [2.24, 2.45) is 0 Å². The summed E-state index contributed by atoms with van der Waals surface area (Å²) in [5.74, 6) is 0. The summed E-state index contributed by atoms with van der Waals surface area (Å²) in [5, 5.41) is 0. The SMILES string of the molecule is C=CCCCCCC[Si](C)(CCCCCCCC)CCCCCCCC. The summed E-state index contributed by atoms with van der Waals surface area (Å²) in [5.41, 5.74) is 0. The molecule has 0 atom stereocenters. The molecule has 0 N–H and O–H groups in total. The molecule has 0 aliphatic carbocycles. The van der Waals surface area contributed by atoms with E-state index in [9.17, 15) is 0 Å². The fraction of sp³-hybridized carbons (Fsp3) is 0.920. The van der Waals surface area contributed by atoms with Crippen molar-refractivity contribution in [3.05, 3.63) is 12.7 Å². The van der Waals surface area contributed by atoms with Gasteiger partial charge >= 0.3 is 0 Å². The maximum absolute atomic E-state index is 3.85. The lowest BCUT2D eigenvalue weighted by atomic mass is 10.1. The Balaban J connectivity index is 4.04. The molecule has 0 bridgehead atoms. The van der Waals surface area contributed by atoms with Gasteiger partial charge in [-0.05, 0) is 12.8 Å². The van der Waals surface area contributed by atoms with E-state index >= 15 is 0 Å². The molecule has 0 aromatic carbocycles. The van der Waals surface area contributed by atoms with Crippen LogP contribution in [0.5, 0.6) is 0 Å². The average molecular weight is 381 g/mol. The first-order valence-electron chi connectivity index (χ1n) is 12.3. The molecule has 0 saturated carbocycles. The minimum Gasteiger partial charge on any atom is -0.103 e. The maximum atomic E-state index is 3.85. The molecule has 0 aliphatic rings. The van der Waals surface area contributed by atoms with Crippen LogP contribution in [0.3, 0.4) is 0 Å². The van der Waals surface area contributed by atoms with E-state index in [2.05, 4.69) is 33.0 Å². The third-order valence-electron chi connectivity index (χ3n) is 6.21. The molecule has 0 amide bonds. The summed E-state index contributed by atoms with van der Waals surface area (Å²) in [7, 11) is -0.975. The van der Waals surface area contributed by atoms with Gasteiger partial charge in [0.2, 0.25) is 0 Å². The highest BCUT2D eigenvalue weighted by Gasteiger charge is 2.25. The van der Waals surface area contributed by atoms with Crippen molar-refractivity contribution in [1.82, 2.24) is 0 Å². The van der Waals surface area contributed by atoms with Crippen LogP contribution in [0, 0.1) is 0 Å². The molecule has 0 unspecified atom stereocenters. The highest BCUT2D eigenvalue weighted by Crippen LogP contribution is 2.29. The van der Waals surface area contributed by atoms with E-state index in [4.69, 9.17) is 0 Å². The quantitative estimate of drug-likeness (QED) is 0.105. The lowest BCUT2D eigenvalue weighted by Gasteiger charge is -2.28. The second kappa shape index (κ2) is 19.7. The van der Waals surface area contributed by atoms with E-state index in [1.54, 1.807) is 18.1 Å². The van der Waals surface area contributed by atoms with Crippen molar-refractivity contribution in [3.8, 4) is 0 Å². The molecular weight excluding hydrogens is 328 g/mol. The van der Waals surface area contributed by atoms with Crippen molar-refractivity contribution in [3.63, 3.8) is 0 Å². The predicted molar refractivity (Wildman–Crippen MR) is 126 cm³/mol. The number of hydrogen-bond donors (Lipinski definition) is 0. The van der Waals surface area contributed by atoms with Gasteiger partial charge in [-0.2, -0.15) is 0 Å². The molecule has 0 nitrogen and oxygen atoms in total. The fourth-order valence-electron chi connectivity index (χ4n) is 4.23. The molecule has 0 aromatic heterocycles. The van der Waals surface area contributed by atoms with Crippen LogP contribution in [-0.2, 0) is 0 Å². The summed E-state index contributed by atoms with van der Waals surface area (Å²) >= 11 is 0. The molecule has 0 aliphatic heterocycles. The van der Waals surface area contributed by atoms with E-state index in [1.807, 2.05) is 0 Å². The van der Waals surface area contributed by atoms with E-state index in [-0.39, 0.29) is 0 Å². The third kappa shape index (κ3) is 17.4. The molecule has 0 saturated heterocycles. The first-order valence-corrected chi connectivity index (χ1v) is 15.4. The van der Waals surface area contributed by atoms with Crippen molar-refractivity contribution in [2.45, 2.75) is 148 Å². The normalized spacial score (nSPS) is 11.8. The van der Waals surface area contributed by atoms with Gasteiger partial charge in [0.05, 0.1) is 8.07 Å². The monoisotopic (exact) mass is 380 g/mol. The topological polar surface area (TPSA) is 0 Å². The first kappa shape index (κ1) is 26.0. The summed E-state index contributed by atoms with van der Waals surface area (Å²) < 4.78 is 0. The predicted octanol–water partition coefficient (Wildman–Crippen LogP) is 9.92. The largest absolute Gasteiger partial charge is 0.103 e. The summed E-state index contributed by atoms with van der Waals surface area (Å²) in [6.07, 6.45) is 26.6. The van der Waals surface area contributed by atoms with Crippen molar-refractivity contribution in [2.75, 3.05) is 0 Å². The van der Waals surface area contributed by atoms with Crippen LogP contribution in [0.2, 0.25) is 24.7 Å². The lowest BCUT2D eigenvalue weighted by molar-refractivity contribution is 0.611. The van der Waals surface area contributed by atoms with Crippen LogP contribution in [-0.4, -0.2) is 8.07 Å². The van der Waals surface area contributed by atoms with Crippen LogP contribution in [0.1, 0.15) is 123 Å². The highest BCUT2D eigenvalue weighted by molar-refractivity contribution is 6.78. The molecule has 0 rings (SSSR count). The van der Waals surface area contributed by atoms with Gasteiger partial charge in [-0.15, -0.1) is 6.58 Å².